The summed E-state index contributed by atoms with van der Waals surface area (Å²) in [5.41, 5.74) is 3.29. The molecule has 1 aromatic heterocycles. The lowest BCUT2D eigenvalue weighted by Crippen LogP contribution is -2.08. The first kappa shape index (κ1) is 14.0. The van der Waals surface area contributed by atoms with Crippen LogP contribution >= 0.6 is 27.3 Å². The first-order valence-corrected chi connectivity index (χ1v) is 7.26. The van der Waals surface area contributed by atoms with E-state index < -0.39 is 0 Å². The molecule has 0 aliphatic rings. The van der Waals surface area contributed by atoms with E-state index in [0.717, 1.165) is 10.6 Å². The van der Waals surface area contributed by atoms with Crippen LogP contribution in [0.2, 0.25) is 0 Å². The van der Waals surface area contributed by atoms with Gasteiger partial charge in [0.05, 0.1) is 22.2 Å². The van der Waals surface area contributed by atoms with Crippen LogP contribution in [0.25, 0.3) is 0 Å². The van der Waals surface area contributed by atoms with Gasteiger partial charge in [-0.15, -0.1) is 11.3 Å². The summed E-state index contributed by atoms with van der Waals surface area (Å²) in [6, 6.07) is 4.96. The maximum atomic E-state index is 11.0. The van der Waals surface area contributed by atoms with E-state index >= 15 is 0 Å². The van der Waals surface area contributed by atoms with Gasteiger partial charge in [0.25, 0.3) is 5.69 Å². The Balaban J connectivity index is 2.29. The van der Waals surface area contributed by atoms with Crippen LogP contribution in [0.15, 0.2) is 28.2 Å². The lowest BCUT2D eigenvalue weighted by Gasteiger charge is -2.14. The number of aryl methyl sites for hydroxylation is 1. The number of thiazole rings is 1. The highest BCUT2D eigenvalue weighted by atomic mass is 79.9. The first-order chi connectivity index (χ1) is 8.99. The Labute approximate surface area is 123 Å². The van der Waals surface area contributed by atoms with Gasteiger partial charge in [0.2, 0.25) is 0 Å². The van der Waals surface area contributed by atoms with Crippen LogP contribution in [0.4, 0.5) is 11.4 Å². The second-order valence-electron chi connectivity index (χ2n) is 4.09. The third-order valence-corrected chi connectivity index (χ3v) is 4.31. The molecule has 1 aromatic carbocycles. The number of hydrogen-bond acceptors (Lipinski definition) is 5. The average molecular weight is 342 g/mol. The molecule has 1 N–H and O–H groups in total. The molecule has 1 atom stereocenters. The fraction of sp³-hybridized carbons (Fsp3) is 0.250. The van der Waals surface area contributed by atoms with Crippen LogP contribution < -0.4 is 5.32 Å². The molecule has 19 heavy (non-hydrogen) atoms. The number of aromatic nitrogens is 1. The molecule has 1 unspecified atom stereocenters. The highest BCUT2D eigenvalue weighted by Gasteiger charge is 2.18. The molecular weight excluding hydrogens is 330 g/mol. The highest BCUT2D eigenvalue weighted by molar-refractivity contribution is 9.10. The predicted octanol–water partition coefficient (Wildman–Crippen LogP) is 4.30. The van der Waals surface area contributed by atoms with E-state index in [4.69, 9.17) is 0 Å². The summed E-state index contributed by atoms with van der Waals surface area (Å²) >= 11 is 4.78. The Morgan fingerprint density at radius 3 is 2.84 bits per heavy atom. The second-order valence-corrected chi connectivity index (χ2v) is 5.89. The van der Waals surface area contributed by atoms with Gasteiger partial charge in [-0.2, -0.15) is 0 Å². The molecule has 0 radical (unpaired) electrons. The Kier molecular flexibility index (Phi) is 4.16. The van der Waals surface area contributed by atoms with Gasteiger partial charge >= 0.3 is 0 Å². The van der Waals surface area contributed by atoms with E-state index in [1.54, 1.807) is 29.0 Å². The summed E-state index contributed by atoms with van der Waals surface area (Å²) < 4.78 is 0.686. The van der Waals surface area contributed by atoms with Gasteiger partial charge in [0.1, 0.15) is 5.69 Å². The summed E-state index contributed by atoms with van der Waals surface area (Å²) in [4.78, 5) is 15.9. The number of nitrogens with one attached hydrogen (secondary N) is 1. The number of anilines is 1. The Bertz CT molecular complexity index is 615. The van der Waals surface area contributed by atoms with Crippen molar-refractivity contribution in [2.24, 2.45) is 0 Å². The minimum Gasteiger partial charge on any atom is -0.372 e. The van der Waals surface area contributed by atoms with Gasteiger partial charge in [0.15, 0.2) is 0 Å². The molecule has 0 amide bonds. The van der Waals surface area contributed by atoms with Gasteiger partial charge in [-0.25, -0.2) is 4.98 Å². The number of hydrogen-bond donors (Lipinski definition) is 1. The summed E-state index contributed by atoms with van der Waals surface area (Å²) in [6.07, 6.45) is 0. The number of benzene rings is 1. The van der Waals surface area contributed by atoms with Gasteiger partial charge in [-0.05, 0) is 26.0 Å². The van der Waals surface area contributed by atoms with Crippen molar-refractivity contribution in [2.75, 3.05) is 5.32 Å². The number of nitro benzene ring substituents is 1. The van der Waals surface area contributed by atoms with Crippen molar-refractivity contribution in [1.82, 2.24) is 4.98 Å². The molecule has 0 saturated carbocycles. The summed E-state index contributed by atoms with van der Waals surface area (Å²) in [6.45, 7) is 3.90. The van der Waals surface area contributed by atoms with E-state index in [1.807, 2.05) is 13.8 Å². The standard InChI is InChI=1S/C12H12BrN3O2S/c1-7-12(19-6-14-7)8(2)15-10-4-3-9(13)5-11(10)16(17)18/h3-6,8,15H,1-2H3. The molecular formula is C12H12BrN3O2S. The largest absolute Gasteiger partial charge is 0.372 e. The molecule has 5 nitrogen and oxygen atoms in total. The molecule has 0 aliphatic heterocycles. The third kappa shape index (κ3) is 3.10. The molecule has 1 heterocycles. The fourth-order valence-electron chi connectivity index (χ4n) is 1.80. The van der Waals surface area contributed by atoms with Crippen LogP contribution in [0.3, 0.4) is 0 Å². The number of nitrogens with zero attached hydrogens (tertiary/aromatic N) is 2. The molecule has 0 aliphatic carbocycles. The molecule has 100 valence electrons. The van der Waals surface area contributed by atoms with E-state index in [2.05, 4.69) is 26.2 Å². The van der Waals surface area contributed by atoms with Crippen molar-refractivity contribution < 1.29 is 4.92 Å². The van der Waals surface area contributed by atoms with E-state index in [-0.39, 0.29) is 16.7 Å². The molecule has 7 heteroatoms. The number of halogens is 1. The summed E-state index contributed by atoms with van der Waals surface area (Å²) in [7, 11) is 0. The minimum absolute atomic E-state index is 0.0209. The zero-order valence-electron chi connectivity index (χ0n) is 10.4. The molecule has 2 rings (SSSR count). The van der Waals surface area contributed by atoms with Crippen molar-refractivity contribution in [3.63, 3.8) is 0 Å². The summed E-state index contributed by atoms with van der Waals surface area (Å²) in [5.74, 6) is 0. The van der Waals surface area contributed by atoms with Crippen LogP contribution in [0, 0.1) is 17.0 Å². The van der Waals surface area contributed by atoms with Crippen molar-refractivity contribution in [3.8, 4) is 0 Å². The van der Waals surface area contributed by atoms with Crippen LogP contribution in [-0.2, 0) is 0 Å². The monoisotopic (exact) mass is 341 g/mol. The smallest absolute Gasteiger partial charge is 0.293 e. The van der Waals surface area contributed by atoms with Crippen molar-refractivity contribution in [1.29, 1.82) is 0 Å². The third-order valence-electron chi connectivity index (χ3n) is 2.70. The van der Waals surface area contributed by atoms with Gasteiger partial charge < -0.3 is 5.32 Å². The Morgan fingerprint density at radius 2 is 2.26 bits per heavy atom. The van der Waals surface area contributed by atoms with E-state index in [9.17, 15) is 10.1 Å². The topological polar surface area (TPSA) is 68.1 Å². The highest BCUT2D eigenvalue weighted by Crippen LogP contribution is 2.32. The lowest BCUT2D eigenvalue weighted by molar-refractivity contribution is -0.384. The Hall–Kier alpha value is -1.47. The average Bonchev–Trinajstić information content (AvgIpc) is 2.77. The molecule has 0 bridgehead atoms. The Morgan fingerprint density at radius 1 is 1.53 bits per heavy atom. The minimum atomic E-state index is -0.390. The zero-order chi connectivity index (χ0) is 14.0. The fourth-order valence-corrected chi connectivity index (χ4v) is 2.96. The van der Waals surface area contributed by atoms with Gasteiger partial charge in [-0.3, -0.25) is 10.1 Å². The van der Waals surface area contributed by atoms with Crippen molar-refractivity contribution in [2.45, 2.75) is 19.9 Å². The molecule has 0 saturated heterocycles. The quantitative estimate of drug-likeness (QED) is 0.665. The van der Waals surface area contributed by atoms with Crippen LogP contribution in [-0.4, -0.2) is 9.91 Å². The maximum Gasteiger partial charge on any atom is 0.293 e. The summed E-state index contributed by atoms with van der Waals surface area (Å²) in [5, 5.41) is 14.2. The normalized spacial score (nSPS) is 12.2. The molecule has 2 aromatic rings. The van der Waals surface area contributed by atoms with E-state index in [1.165, 1.54) is 6.07 Å². The van der Waals surface area contributed by atoms with Crippen molar-refractivity contribution >= 4 is 38.6 Å². The number of rotatable bonds is 4. The number of nitro groups is 1. The van der Waals surface area contributed by atoms with Gasteiger partial charge in [0, 0.05) is 15.4 Å². The molecule has 0 fully saturated rings. The zero-order valence-corrected chi connectivity index (χ0v) is 12.8. The SMILES string of the molecule is Cc1ncsc1C(C)Nc1ccc(Br)cc1[N+](=O)[O-]. The second kappa shape index (κ2) is 5.66. The predicted molar refractivity (Wildman–Crippen MR) is 79.7 cm³/mol. The first-order valence-electron chi connectivity index (χ1n) is 5.59. The van der Waals surface area contributed by atoms with Crippen LogP contribution in [0.1, 0.15) is 23.5 Å². The lowest BCUT2D eigenvalue weighted by atomic mass is 10.2. The van der Waals surface area contributed by atoms with Gasteiger partial charge in [-0.1, -0.05) is 15.9 Å². The maximum absolute atomic E-state index is 11.0. The van der Waals surface area contributed by atoms with Crippen molar-refractivity contribution in [3.05, 3.63) is 48.9 Å². The van der Waals surface area contributed by atoms with Crippen LogP contribution in [0.5, 0.6) is 0 Å². The van der Waals surface area contributed by atoms with E-state index in [0.29, 0.717) is 10.2 Å². The molecule has 0 spiro atoms.